The van der Waals surface area contributed by atoms with Crippen LogP contribution in [0.5, 0.6) is 0 Å². The summed E-state index contributed by atoms with van der Waals surface area (Å²) in [4.78, 5) is 12.1. The fourth-order valence-corrected chi connectivity index (χ4v) is 1.80. The molecule has 0 fully saturated rings. The molecule has 18 heavy (non-hydrogen) atoms. The molecule has 1 aromatic carbocycles. The van der Waals surface area contributed by atoms with E-state index in [0.29, 0.717) is 23.7 Å². The average molecular weight is 275 g/mol. The van der Waals surface area contributed by atoms with Gasteiger partial charge in [0, 0.05) is 36.3 Å². The highest BCUT2D eigenvalue weighted by Gasteiger charge is 2.16. The van der Waals surface area contributed by atoms with Crippen molar-refractivity contribution in [3.8, 4) is 0 Å². The molecule has 0 atom stereocenters. The summed E-state index contributed by atoms with van der Waals surface area (Å²) in [7, 11) is 0. The fourth-order valence-electron chi connectivity index (χ4n) is 1.63. The van der Waals surface area contributed by atoms with Gasteiger partial charge in [-0.25, -0.2) is 0 Å². The van der Waals surface area contributed by atoms with Crippen molar-refractivity contribution in [3.05, 3.63) is 38.9 Å². The number of nitrogens with zero attached hydrogens (tertiary/aromatic N) is 2. The van der Waals surface area contributed by atoms with Crippen LogP contribution in [0.15, 0.2) is 18.2 Å². The summed E-state index contributed by atoms with van der Waals surface area (Å²) in [6.07, 6.45) is 0. The molecule has 0 saturated carbocycles. The van der Waals surface area contributed by atoms with Crippen molar-refractivity contribution < 1.29 is 15.1 Å². The summed E-state index contributed by atoms with van der Waals surface area (Å²) in [5.74, 6) is 0. The van der Waals surface area contributed by atoms with Gasteiger partial charge in [-0.2, -0.15) is 0 Å². The number of hydrogen-bond donors (Lipinski definition) is 2. The Hall–Kier alpha value is -1.21. The highest BCUT2D eigenvalue weighted by Crippen LogP contribution is 2.24. The minimum absolute atomic E-state index is 0.0524. The van der Waals surface area contributed by atoms with E-state index in [1.165, 1.54) is 6.07 Å². The maximum Gasteiger partial charge on any atom is 0.275 e. The zero-order valence-electron chi connectivity index (χ0n) is 9.75. The standard InChI is InChI=1S/C11H15ClN2O4/c12-10-2-1-9(11(7-10)14(17)18)8-13(3-5-15)4-6-16/h1-2,7,15-16H,3-6,8H2. The van der Waals surface area contributed by atoms with Crippen molar-refractivity contribution in [2.75, 3.05) is 26.3 Å². The Morgan fingerprint density at radius 2 is 1.89 bits per heavy atom. The lowest BCUT2D eigenvalue weighted by Crippen LogP contribution is -2.29. The fraction of sp³-hybridized carbons (Fsp3) is 0.455. The van der Waals surface area contributed by atoms with Crippen LogP contribution in [0.25, 0.3) is 0 Å². The second-order valence-electron chi connectivity index (χ2n) is 3.75. The Morgan fingerprint density at radius 1 is 1.28 bits per heavy atom. The highest BCUT2D eigenvalue weighted by atomic mass is 35.5. The third-order valence-corrected chi connectivity index (χ3v) is 2.71. The van der Waals surface area contributed by atoms with Crippen molar-refractivity contribution in [2.45, 2.75) is 6.54 Å². The first-order chi connectivity index (χ1) is 8.58. The lowest BCUT2D eigenvalue weighted by atomic mass is 10.1. The van der Waals surface area contributed by atoms with Crippen molar-refractivity contribution in [2.24, 2.45) is 0 Å². The largest absolute Gasteiger partial charge is 0.395 e. The van der Waals surface area contributed by atoms with E-state index >= 15 is 0 Å². The lowest BCUT2D eigenvalue weighted by molar-refractivity contribution is -0.385. The third kappa shape index (κ3) is 4.23. The van der Waals surface area contributed by atoms with Gasteiger partial charge in [-0.05, 0) is 12.1 Å². The van der Waals surface area contributed by atoms with E-state index in [2.05, 4.69) is 0 Å². The molecule has 0 aliphatic carbocycles. The monoisotopic (exact) mass is 274 g/mol. The molecule has 1 aromatic rings. The van der Waals surface area contributed by atoms with Gasteiger partial charge >= 0.3 is 0 Å². The molecule has 0 bridgehead atoms. The summed E-state index contributed by atoms with van der Waals surface area (Å²) >= 11 is 5.72. The number of rotatable bonds is 7. The molecule has 6 nitrogen and oxygen atoms in total. The van der Waals surface area contributed by atoms with Crippen LogP contribution in [-0.4, -0.2) is 46.3 Å². The zero-order valence-corrected chi connectivity index (χ0v) is 10.5. The first-order valence-corrected chi connectivity index (χ1v) is 5.83. The van der Waals surface area contributed by atoms with Gasteiger partial charge in [0.25, 0.3) is 5.69 Å². The summed E-state index contributed by atoms with van der Waals surface area (Å²) in [6, 6.07) is 4.47. The quantitative estimate of drug-likeness (QED) is 0.573. The molecule has 0 unspecified atom stereocenters. The van der Waals surface area contributed by atoms with Gasteiger partial charge < -0.3 is 10.2 Å². The van der Waals surface area contributed by atoms with Crippen molar-refractivity contribution >= 4 is 17.3 Å². The average Bonchev–Trinajstić information content (AvgIpc) is 2.32. The summed E-state index contributed by atoms with van der Waals surface area (Å²) in [5, 5.41) is 29.0. The number of aliphatic hydroxyl groups is 2. The van der Waals surface area contributed by atoms with E-state index < -0.39 is 4.92 Å². The molecule has 0 aliphatic rings. The van der Waals surface area contributed by atoms with Crippen LogP contribution < -0.4 is 0 Å². The molecule has 1 rings (SSSR count). The third-order valence-electron chi connectivity index (χ3n) is 2.47. The van der Waals surface area contributed by atoms with Crippen LogP contribution in [-0.2, 0) is 6.54 Å². The van der Waals surface area contributed by atoms with Crippen molar-refractivity contribution in [1.29, 1.82) is 0 Å². The molecule has 100 valence electrons. The van der Waals surface area contributed by atoms with Crippen LogP contribution in [0, 0.1) is 10.1 Å². The van der Waals surface area contributed by atoms with Crippen LogP contribution >= 0.6 is 11.6 Å². The van der Waals surface area contributed by atoms with Crippen LogP contribution in [0.3, 0.4) is 0 Å². The van der Waals surface area contributed by atoms with Crippen LogP contribution in [0.2, 0.25) is 5.02 Å². The van der Waals surface area contributed by atoms with Gasteiger partial charge in [-0.3, -0.25) is 15.0 Å². The van der Waals surface area contributed by atoms with E-state index in [-0.39, 0.29) is 25.4 Å². The Kier molecular flexibility index (Phi) is 6.00. The minimum Gasteiger partial charge on any atom is -0.395 e. The normalized spacial score (nSPS) is 10.9. The maximum absolute atomic E-state index is 10.9. The number of hydrogen-bond acceptors (Lipinski definition) is 5. The van der Waals surface area contributed by atoms with Gasteiger partial charge in [0.1, 0.15) is 0 Å². The van der Waals surface area contributed by atoms with E-state index in [1.54, 1.807) is 17.0 Å². The summed E-state index contributed by atoms with van der Waals surface area (Å²) in [6.45, 7) is 0.845. The van der Waals surface area contributed by atoms with Crippen molar-refractivity contribution in [3.63, 3.8) is 0 Å². The number of halogens is 1. The summed E-state index contributed by atoms with van der Waals surface area (Å²) < 4.78 is 0. The first-order valence-electron chi connectivity index (χ1n) is 5.45. The molecule has 0 radical (unpaired) electrons. The molecule has 0 aromatic heterocycles. The van der Waals surface area contributed by atoms with Gasteiger partial charge in [-0.15, -0.1) is 0 Å². The molecular weight excluding hydrogens is 260 g/mol. The molecule has 0 aliphatic heterocycles. The predicted octanol–water partition coefficient (Wildman–Crippen LogP) is 1.03. The SMILES string of the molecule is O=[N+]([O-])c1cc(Cl)ccc1CN(CCO)CCO. The molecular formula is C11H15ClN2O4. The Labute approximate surface area is 110 Å². The van der Waals surface area contributed by atoms with E-state index in [1.807, 2.05) is 0 Å². The van der Waals surface area contributed by atoms with Gasteiger partial charge in [0.15, 0.2) is 0 Å². The first kappa shape index (κ1) is 14.8. The summed E-state index contributed by atoms with van der Waals surface area (Å²) in [5.41, 5.74) is 0.453. The molecule has 2 N–H and O–H groups in total. The number of nitro benzene ring substituents is 1. The van der Waals surface area contributed by atoms with Crippen LogP contribution in [0.1, 0.15) is 5.56 Å². The molecule has 0 saturated heterocycles. The smallest absolute Gasteiger partial charge is 0.275 e. The van der Waals surface area contributed by atoms with Gasteiger partial charge in [0.05, 0.1) is 18.1 Å². The van der Waals surface area contributed by atoms with E-state index in [0.717, 1.165) is 0 Å². The van der Waals surface area contributed by atoms with Crippen molar-refractivity contribution in [1.82, 2.24) is 4.90 Å². The molecule has 7 heteroatoms. The highest BCUT2D eigenvalue weighted by molar-refractivity contribution is 6.30. The lowest BCUT2D eigenvalue weighted by Gasteiger charge is -2.19. The number of aliphatic hydroxyl groups excluding tert-OH is 2. The van der Waals surface area contributed by atoms with Gasteiger partial charge in [0.2, 0.25) is 0 Å². The molecule has 0 heterocycles. The Bertz CT molecular complexity index is 408. The van der Waals surface area contributed by atoms with Crippen LogP contribution in [0.4, 0.5) is 5.69 Å². The second kappa shape index (κ2) is 7.27. The number of benzene rings is 1. The Balaban J connectivity index is 2.90. The Morgan fingerprint density at radius 3 is 2.39 bits per heavy atom. The minimum atomic E-state index is -0.489. The zero-order chi connectivity index (χ0) is 13.5. The predicted molar refractivity (Wildman–Crippen MR) is 67.6 cm³/mol. The molecule has 0 spiro atoms. The van der Waals surface area contributed by atoms with E-state index in [9.17, 15) is 10.1 Å². The maximum atomic E-state index is 10.9. The number of nitro groups is 1. The second-order valence-corrected chi connectivity index (χ2v) is 4.19. The molecule has 0 amide bonds. The topological polar surface area (TPSA) is 86.8 Å². The van der Waals surface area contributed by atoms with E-state index in [4.69, 9.17) is 21.8 Å². The van der Waals surface area contributed by atoms with Gasteiger partial charge in [-0.1, -0.05) is 11.6 Å².